The third-order valence-corrected chi connectivity index (χ3v) is 6.71. The number of aromatic nitrogens is 1. The van der Waals surface area contributed by atoms with Crippen LogP contribution in [0.25, 0.3) is 0 Å². The van der Waals surface area contributed by atoms with Gasteiger partial charge in [0, 0.05) is 48.7 Å². The third-order valence-electron chi connectivity index (χ3n) is 5.36. The van der Waals surface area contributed by atoms with Crippen LogP contribution in [0.1, 0.15) is 33.8 Å². The van der Waals surface area contributed by atoms with Gasteiger partial charge in [0.15, 0.2) is 0 Å². The van der Waals surface area contributed by atoms with E-state index in [2.05, 4.69) is 22.2 Å². The van der Waals surface area contributed by atoms with Crippen LogP contribution in [0, 0.1) is 6.92 Å². The fourth-order valence-electron chi connectivity index (χ4n) is 3.75. The van der Waals surface area contributed by atoms with Crippen molar-refractivity contribution < 1.29 is 9.32 Å². The van der Waals surface area contributed by atoms with Gasteiger partial charge in [-0.05, 0) is 43.2 Å². The summed E-state index contributed by atoms with van der Waals surface area (Å²) in [7, 11) is 0. The van der Waals surface area contributed by atoms with Gasteiger partial charge >= 0.3 is 0 Å². The predicted molar refractivity (Wildman–Crippen MR) is 124 cm³/mol. The molecule has 1 amide bonds. The third kappa shape index (κ3) is 5.91. The molecule has 162 valence electrons. The molecule has 3 aromatic rings. The second-order valence-electron chi connectivity index (χ2n) is 7.77. The first-order valence-electron chi connectivity index (χ1n) is 10.5. The second-order valence-corrected chi connectivity index (χ2v) is 9.22. The molecule has 0 bridgehead atoms. The molecule has 2 aromatic carbocycles. The molecule has 31 heavy (non-hydrogen) atoms. The Morgan fingerprint density at radius 1 is 1.10 bits per heavy atom. The van der Waals surface area contributed by atoms with Crippen molar-refractivity contribution >= 4 is 29.3 Å². The van der Waals surface area contributed by atoms with Crippen molar-refractivity contribution in [1.29, 1.82) is 0 Å². The number of hydrogen-bond donors (Lipinski definition) is 0. The van der Waals surface area contributed by atoms with Crippen molar-refractivity contribution in [2.75, 3.05) is 26.2 Å². The summed E-state index contributed by atoms with van der Waals surface area (Å²) in [6.07, 6.45) is 0.964. The lowest BCUT2D eigenvalue weighted by molar-refractivity contribution is 0.0757. The summed E-state index contributed by atoms with van der Waals surface area (Å²) in [6, 6.07) is 17.8. The van der Waals surface area contributed by atoms with Gasteiger partial charge in [0.25, 0.3) is 5.91 Å². The van der Waals surface area contributed by atoms with Crippen molar-refractivity contribution in [2.45, 2.75) is 30.5 Å². The van der Waals surface area contributed by atoms with Gasteiger partial charge in [-0.25, -0.2) is 0 Å². The van der Waals surface area contributed by atoms with Crippen molar-refractivity contribution in [2.24, 2.45) is 0 Å². The summed E-state index contributed by atoms with van der Waals surface area (Å²) in [4.78, 5) is 18.7. The van der Waals surface area contributed by atoms with Crippen LogP contribution >= 0.6 is 23.4 Å². The summed E-state index contributed by atoms with van der Waals surface area (Å²) in [5, 5.41) is 4.69. The Labute approximate surface area is 192 Å². The Kier molecular flexibility index (Phi) is 7.33. The Hall–Kier alpha value is -2.28. The smallest absolute Gasteiger partial charge is 0.255 e. The van der Waals surface area contributed by atoms with Crippen LogP contribution in [-0.2, 0) is 12.3 Å². The van der Waals surface area contributed by atoms with Crippen LogP contribution in [0.2, 0.25) is 5.02 Å². The molecule has 0 spiro atoms. The largest absolute Gasteiger partial charge is 0.360 e. The molecule has 1 saturated heterocycles. The van der Waals surface area contributed by atoms with E-state index in [9.17, 15) is 4.79 Å². The van der Waals surface area contributed by atoms with Gasteiger partial charge in [0.2, 0.25) is 0 Å². The lowest BCUT2D eigenvalue weighted by Gasteiger charge is -2.23. The Morgan fingerprint density at radius 2 is 1.90 bits per heavy atom. The average Bonchev–Trinajstić information content (AvgIpc) is 3.06. The minimum Gasteiger partial charge on any atom is -0.360 e. The first kappa shape index (κ1) is 21.9. The first-order valence-corrected chi connectivity index (χ1v) is 11.8. The maximum Gasteiger partial charge on any atom is 0.255 e. The van der Waals surface area contributed by atoms with Crippen LogP contribution in [0.3, 0.4) is 0 Å². The van der Waals surface area contributed by atoms with E-state index in [-0.39, 0.29) is 5.91 Å². The number of benzene rings is 2. The standard InChI is InChI=1S/C24H26ClN3O2S/c1-18-15-21(30-26-18)17-31-23-6-3-2-5-22(23)24(29)28-12-4-11-27(13-14-28)16-19-7-9-20(25)10-8-19/h2-3,5-10,15H,4,11-14,16-17H2,1H3. The molecule has 1 aliphatic heterocycles. The number of carbonyl (C=O) groups is 1. The molecule has 0 N–H and O–H groups in total. The van der Waals surface area contributed by atoms with Gasteiger partial charge in [-0.1, -0.05) is 41.0 Å². The molecule has 0 unspecified atom stereocenters. The highest BCUT2D eigenvalue weighted by Crippen LogP contribution is 2.28. The van der Waals surface area contributed by atoms with E-state index in [0.29, 0.717) is 5.75 Å². The van der Waals surface area contributed by atoms with E-state index in [1.165, 1.54) is 5.56 Å². The van der Waals surface area contributed by atoms with E-state index in [1.54, 1.807) is 11.8 Å². The van der Waals surface area contributed by atoms with Crippen LogP contribution in [0.4, 0.5) is 0 Å². The maximum atomic E-state index is 13.3. The summed E-state index contributed by atoms with van der Waals surface area (Å²) in [6.45, 7) is 6.13. The van der Waals surface area contributed by atoms with Crippen molar-refractivity contribution in [3.8, 4) is 0 Å². The molecule has 0 saturated carbocycles. The SMILES string of the molecule is Cc1cc(CSc2ccccc2C(=O)N2CCCN(Cc3ccc(Cl)cc3)CC2)on1. The Balaban J connectivity index is 1.38. The van der Waals surface area contributed by atoms with Gasteiger partial charge in [-0.15, -0.1) is 11.8 Å². The lowest BCUT2D eigenvalue weighted by Crippen LogP contribution is -2.35. The topological polar surface area (TPSA) is 49.6 Å². The van der Waals surface area contributed by atoms with Crippen LogP contribution < -0.4 is 0 Å². The van der Waals surface area contributed by atoms with Crippen molar-refractivity contribution in [3.63, 3.8) is 0 Å². The number of nitrogens with zero attached hydrogens (tertiary/aromatic N) is 3. The van der Waals surface area contributed by atoms with E-state index in [0.717, 1.165) is 66.1 Å². The second kappa shape index (κ2) is 10.4. The zero-order chi connectivity index (χ0) is 21.6. The van der Waals surface area contributed by atoms with Gasteiger partial charge < -0.3 is 9.42 Å². The summed E-state index contributed by atoms with van der Waals surface area (Å²) < 4.78 is 5.31. The van der Waals surface area contributed by atoms with E-state index in [4.69, 9.17) is 16.1 Å². The van der Waals surface area contributed by atoms with Gasteiger partial charge in [-0.2, -0.15) is 0 Å². The van der Waals surface area contributed by atoms with E-state index < -0.39 is 0 Å². The monoisotopic (exact) mass is 455 g/mol. The molecule has 4 rings (SSSR count). The Bertz CT molecular complexity index is 1020. The normalized spacial score (nSPS) is 15.1. The molecule has 1 fully saturated rings. The fraction of sp³-hybridized carbons (Fsp3) is 0.333. The van der Waals surface area contributed by atoms with Crippen molar-refractivity contribution in [1.82, 2.24) is 15.0 Å². The number of hydrogen-bond acceptors (Lipinski definition) is 5. The molecule has 0 atom stereocenters. The zero-order valence-corrected chi connectivity index (χ0v) is 19.2. The quantitative estimate of drug-likeness (QED) is 0.473. The highest BCUT2D eigenvalue weighted by Gasteiger charge is 2.22. The number of amides is 1. The molecular formula is C24H26ClN3O2S. The predicted octanol–water partition coefficient (Wildman–Crippen LogP) is 5.28. The molecule has 7 heteroatoms. The molecule has 2 heterocycles. The first-order chi connectivity index (χ1) is 15.1. The average molecular weight is 456 g/mol. The number of halogens is 1. The zero-order valence-electron chi connectivity index (χ0n) is 17.6. The minimum atomic E-state index is 0.102. The highest BCUT2D eigenvalue weighted by atomic mass is 35.5. The number of carbonyl (C=O) groups excluding carboxylic acids is 1. The fourth-order valence-corrected chi connectivity index (χ4v) is 4.80. The summed E-state index contributed by atoms with van der Waals surface area (Å²) >= 11 is 7.61. The number of thioether (sulfide) groups is 1. The summed E-state index contributed by atoms with van der Waals surface area (Å²) in [5.74, 6) is 1.57. The van der Waals surface area contributed by atoms with Gasteiger partial charge in [0.1, 0.15) is 5.76 Å². The van der Waals surface area contributed by atoms with Crippen LogP contribution in [0.5, 0.6) is 0 Å². The molecular weight excluding hydrogens is 430 g/mol. The molecule has 0 radical (unpaired) electrons. The maximum absolute atomic E-state index is 13.3. The molecule has 5 nitrogen and oxygen atoms in total. The van der Waals surface area contributed by atoms with Crippen molar-refractivity contribution in [3.05, 3.63) is 82.2 Å². The lowest BCUT2D eigenvalue weighted by atomic mass is 10.2. The van der Waals surface area contributed by atoms with Gasteiger partial charge in [-0.3, -0.25) is 9.69 Å². The van der Waals surface area contributed by atoms with Crippen LogP contribution in [0.15, 0.2) is 64.0 Å². The molecule has 0 aliphatic carbocycles. The van der Waals surface area contributed by atoms with Gasteiger partial charge in [0.05, 0.1) is 17.0 Å². The number of aryl methyl sites for hydroxylation is 1. The number of rotatable bonds is 6. The van der Waals surface area contributed by atoms with E-state index >= 15 is 0 Å². The van der Waals surface area contributed by atoms with E-state index in [1.807, 2.05) is 54.3 Å². The minimum absolute atomic E-state index is 0.102. The Morgan fingerprint density at radius 3 is 2.68 bits per heavy atom. The van der Waals surface area contributed by atoms with Crippen LogP contribution in [-0.4, -0.2) is 47.0 Å². The molecule has 1 aliphatic rings. The summed E-state index contributed by atoms with van der Waals surface area (Å²) in [5.41, 5.74) is 2.87. The molecule has 1 aromatic heterocycles. The highest BCUT2D eigenvalue weighted by molar-refractivity contribution is 7.98.